The van der Waals surface area contributed by atoms with Gasteiger partial charge in [0.2, 0.25) is 11.5 Å². The highest BCUT2D eigenvalue weighted by Gasteiger charge is 2.22. The molecule has 140 valence electrons. The standard InChI is InChI=1S/C19H22N6O2/c1-25(19(26)27-2)14-8-6-13(7-9-14)22-18-23-16-15(10-11-20-16)17(24-18)21-12-4-3-5-12/h6-12H,3-5H2,1-2H3,(H3,20,21,22,23,24)/p+1. The number of nitrogens with zero attached hydrogens (tertiary/aromatic N) is 2. The Bertz CT molecular complexity index is 948. The molecule has 1 aliphatic rings. The van der Waals surface area contributed by atoms with Crippen LogP contribution in [0.3, 0.4) is 0 Å². The Kier molecular flexibility index (Phi) is 4.53. The molecule has 4 N–H and O–H groups in total. The van der Waals surface area contributed by atoms with E-state index in [1.165, 1.54) is 31.3 Å². The Morgan fingerprint density at radius 2 is 2.07 bits per heavy atom. The zero-order valence-corrected chi connectivity index (χ0v) is 15.4. The Morgan fingerprint density at radius 1 is 1.30 bits per heavy atom. The molecule has 2 aromatic heterocycles. The Morgan fingerprint density at radius 3 is 2.74 bits per heavy atom. The van der Waals surface area contributed by atoms with Gasteiger partial charge in [-0.2, -0.15) is 0 Å². The van der Waals surface area contributed by atoms with Crippen LogP contribution < -0.4 is 20.5 Å². The summed E-state index contributed by atoms with van der Waals surface area (Å²) in [6, 6.07) is 10.0. The summed E-state index contributed by atoms with van der Waals surface area (Å²) >= 11 is 0. The lowest BCUT2D eigenvalue weighted by atomic mass is 9.93. The van der Waals surface area contributed by atoms with Crippen molar-refractivity contribution < 1.29 is 14.5 Å². The minimum atomic E-state index is -0.408. The van der Waals surface area contributed by atoms with Crippen LogP contribution in [-0.4, -0.2) is 36.3 Å². The van der Waals surface area contributed by atoms with Crippen LogP contribution in [0, 0.1) is 0 Å². The number of aromatic nitrogens is 3. The number of hydrogen-bond acceptors (Lipinski definition) is 5. The van der Waals surface area contributed by atoms with Gasteiger partial charge in [0, 0.05) is 18.9 Å². The zero-order valence-electron chi connectivity index (χ0n) is 15.4. The molecule has 8 heteroatoms. The first-order chi connectivity index (χ1) is 13.1. The van der Waals surface area contributed by atoms with Crippen molar-refractivity contribution in [2.24, 2.45) is 0 Å². The Hall–Kier alpha value is -3.29. The summed E-state index contributed by atoms with van der Waals surface area (Å²) in [7, 11) is 3.03. The summed E-state index contributed by atoms with van der Waals surface area (Å²) in [6.07, 6.45) is 5.14. The van der Waals surface area contributed by atoms with Crippen LogP contribution in [0.1, 0.15) is 19.3 Å². The maximum absolute atomic E-state index is 11.6. The van der Waals surface area contributed by atoms with E-state index in [0.717, 1.165) is 28.2 Å². The molecule has 3 aromatic rings. The van der Waals surface area contributed by atoms with E-state index in [1.807, 2.05) is 36.5 Å². The second-order valence-electron chi connectivity index (χ2n) is 6.67. The van der Waals surface area contributed by atoms with Crippen LogP contribution in [0.2, 0.25) is 0 Å². The molecule has 0 radical (unpaired) electrons. The molecule has 0 bridgehead atoms. The summed E-state index contributed by atoms with van der Waals surface area (Å²) in [5, 5.41) is 7.89. The number of aromatic amines is 2. The molecule has 4 rings (SSSR count). The molecule has 2 heterocycles. The molecule has 1 saturated carbocycles. The summed E-state index contributed by atoms with van der Waals surface area (Å²) in [4.78, 5) is 24.2. The molecule has 1 aliphatic carbocycles. The van der Waals surface area contributed by atoms with Gasteiger partial charge in [-0.05, 0) is 49.6 Å². The number of amides is 1. The fraction of sp³-hybridized carbons (Fsp3) is 0.316. The molecule has 1 fully saturated rings. The molecular weight excluding hydrogens is 344 g/mol. The smallest absolute Gasteiger partial charge is 0.413 e. The average Bonchev–Trinajstić information content (AvgIpc) is 3.12. The lowest BCUT2D eigenvalue weighted by Gasteiger charge is -2.24. The van der Waals surface area contributed by atoms with Crippen molar-refractivity contribution in [2.75, 3.05) is 29.7 Å². The van der Waals surface area contributed by atoms with Crippen molar-refractivity contribution in [3.63, 3.8) is 0 Å². The molecule has 0 aliphatic heterocycles. The molecule has 1 aromatic carbocycles. The quantitative estimate of drug-likeness (QED) is 0.643. The van der Waals surface area contributed by atoms with Crippen LogP contribution in [-0.2, 0) is 4.74 Å². The summed E-state index contributed by atoms with van der Waals surface area (Å²) in [6.45, 7) is 0. The van der Waals surface area contributed by atoms with E-state index in [0.29, 0.717) is 12.0 Å². The predicted molar refractivity (Wildman–Crippen MR) is 104 cm³/mol. The van der Waals surface area contributed by atoms with Crippen molar-refractivity contribution in [3.8, 4) is 0 Å². The molecule has 0 spiro atoms. The van der Waals surface area contributed by atoms with Gasteiger partial charge in [0.25, 0.3) is 0 Å². The van der Waals surface area contributed by atoms with Crippen molar-refractivity contribution >= 4 is 40.3 Å². The number of H-pyrrole nitrogens is 2. The van der Waals surface area contributed by atoms with E-state index < -0.39 is 6.09 Å². The fourth-order valence-electron chi connectivity index (χ4n) is 3.06. The van der Waals surface area contributed by atoms with Gasteiger partial charge < -0.3 is 15.0 Å². The van der Waals surface area contributed by atoms with E-state index in [9.17, 15) is 4.79 Å². The summed E-state index contributed by atoms with van der Waals surface area (Å²) in [5.74, 6) is 1.61. The first-order valence-corrected chi connectivity index (χ1v) is 9.00. The normalized spacial score (nSPS) is 13.9. The minimum Gasteiger partial charge on any atom is -0.452 e. The Balaban J connectivity index is 1.55. The van der Waals surface area contributed by atoms with E-state index in [1.54, 1.807) is 7.05 Å². The van der Waals surface area contributed by atoms with Crippen LogP contribution >= 0.6 is 0 Å². The third-order valence-corrected chi connectivity index (χ3v) is 4.88. The SMILES string of the molecule is COC(=O)N(C)c1ccc(Nc2nc3[nH]ccc3c(NC3CCC3)[nH+]2)cc1. The van der Waals surface area contributed by atoms with Gasteiger partial charge >= 0.3 is 12.0 Å². The third kappa shape index (κ3) is 3.51. The van der Waals surface area contributed by atoms with Gasteiger partial charge in [0.05, 0.1) is 24.2 Å². The van der Waals surface area contributed by atoms with Gasteiger partial charge in [-0.3, -0.25) is 10.2 Å². The number of ether oxygens (including phenoxy) is 1. The second-order valence-corrected chi connectivity index (χ2v) is 6.67. The van der Waals surface area contributed by atoms with Crippen LogP contribution in [0.25, 0.3) is 11.0 Å². The minimum absolute atomic E-state index is 0.408. The van der Waals surface area contributed by atoms with Gasteiger partial charge in [-0.25, -0.2) is 9.78 Å². The highest BCUT2D eigenvalue weighted by atomic mass is 16.5. The van der Waals surface area contributed by atoms with Crippen molar-refractivity contribution in [1.29, 1.82) is 0 Å². The molecule has 0 atom stereocenters. The van der Waals surface area contributed by atoms with Gasteiger partial charge in [-0.15, -0.1) is 0 Å². The number of hydrogen-bond donors (Lipinski definition) is 3. The number of benzene rings is 1. The first kappa shape index (κ1) is 17.1. The third-order valence-electron chi connectivity index (χ3n) is 4.88. The molecule has 1 amide bonds. The van der Waals surface area contributed by atoms with E-state index in [4.69, 9.17) is 4.74 Å². The Labute approximate surface area is 157 Å². The number of carbonyl (C=O) groups excluding carboxylic acids is 1. The topological polar surface area (TPSA) is 96.4 Å². The molecule has 0 unspecified atom stereocenters. The maximum Gasteiger partial charge on any atom is 0.413 e. The lowest BCUT2D eigenvalue weighted by molar-refractivity contribution is -0.346. The zero-order chi connectivity index (χ0) is 18.8. The van der Waals surface area contributed by atoms with Crippen molar-refractivity contribution in [1.82, 2.24) is 9.97 Å². The first-order valence-electron chi connectivity index (χ1n) is 9.00. The number of fused-ring (bicyclic) bond motifs is 1. The number of anilines is 4. The largest absolute Gasteiger partial charge is 0.452 e. The molecule has 0 saturated heterocycles. The predicted octanol–water partition coefficient (Wildman–Crippen LogP) is 3.29. The van der Waals surface area contributed by atoms with E-state index >= 15 is 0 Å². The lowest BCUT2D eigenvalue weighted by Crippen LogP contribution is -2.31. The van der Waals surface area contributed by atoms with Gasteiger partial charge in [0.1, 0.15) is 0 Å². The van der Waals surface area contributed by atoms with Gasteiger partial charge in [-0.1, -0.05) is 4.98 Å². The van der Waals surface area contributed by atoms with Crippen LogP contribution in [0.4, 0.5) is 27.9 Å². The number of carbonyl (C=O) groups is 1. The maximum atomic E-state index is 11.6. The number of rotatable bonds is 5. The summed E-state index contributed by atoms with van der Waals surface area (Å²) in [5.41, 5.74) is 2.43. The summed E-state index contributed by atoms with van der Waals surface area (Å²) < 4.78 is 4.73. The van der Waals surface area contributed by atoms with Crippen LogP contribution in [0.5, 0.6) is 0 Å². The molecule has 27 heavy (non-hydrogen) atoms. The monoisotopic (exact) mass is 367 g/mol. The van der Waals surface area contributed by atoms with E-state index in [-0.39, 0.29) is 0 Å². The molecule has 8 nitrogen and oxygen atoms in total. The number of methoxy groups -OCH3 is 1. The second kappa shape index (κ2) is 7.14. The van der Waals surface area contributed by atoms with Gasteiger partial charge in [0.15, 0.2) is 0 Å². The molecular formula is C19H23N6O2+. The number of nitrogens with one attached hydrogen (secondary N) is 4. The highest BCUT2D eigenvalue weighted by Crippen LogP contribution is 2.26. The van der Waals surface area contributed by atoms with Crippen molar-refractivity contribution in [3.05, 3.63) is 36.5 Å². The highest BCUT2D eigenvalue weighted by molar-refractivity contribution is 5.87. The van der Waals surface area contributed by atoms with Crippen molar-refractivity contribution in [2.45, 2.75) is 25.3 Å². The van der Waals surface area contributed by atoms with Crippen LogP contribution in [0.15, 0.2) is 36.5 Å². The van der Waals surface area contributed by atoms with E-state index in [2.05, 4.69) is 25.6 Å². The average molecular weight is 367 g/mol. The fourth-order valence-corrected chi connectivity index (χ4v) is 3.06.